The second-order valence-corrected chi connectivity index (χ2v) is 2.83. The summed E-state index contributed by atoms with van der Waals surface area (Å²) in [5, 5.41) is 10.9. The first-order valence-corrected chi connectivity index (χ1v) is 4.18. The number of hydroxylamine groups is 1. The molecule has 0 aromatic heterocycles. The first-order chi connectivity index (χ1) is 5.66. The van der Waals surface area contributed by atoms with Crippen molar-refractivity contribution in [2.24, 2.45) is 4.99 Å². The average Bonchev–Trinajstić information content (AvgIpc) is 2.00. The highest BCUT2D eigenvalue weighted by molar-refractivity contribution is 5.85. The standard InChI is InChI=1S/C8H17N3O.ClH/c1-4-9-8-11(12)7-5-6-10(2)3;/h4-7H2,1-3H3;1H. The maximum absolute atomic E-state index is 10.9. The van der Waals surface area contributed by atoms with Crippen molar-refractivity contribution in [1.82, 2.24) is 4.90 Å². The van der Waals surface area contributed by atoms with Gasteiger partial charge in [-0.15, -0.1) is 12.4 Å². The molecule has 0 saturated carbocycles. The lowest BCUT2D eigenvalue weighted by molar-refractivity contribution is -0.451. The quantitative estimate of drug-likeness (QED) is 0.293. The van der Waals surface area contributed by atoms with Crippen LogP contribution in [0.25, 0.3) is 0 Å². The van der Waals surface area contributed by atoms with E-state index >= 15 is 0 Å². The Kier molecular flexibility index (Phi) is 10.9. The van der Waals surface area contributed by atoms with Crippen LogP contribution in [0.5, 0.6) is 0 Å². The highest BCUT2D eigenvalue weighted by Gasteiger charge is 1.91. The normalized spacial score (nSPS) is 8.92. The van der Waals surface area contributed by atoms with Gasteiger partial charge in [0, 0.05) is 6.54 Å². The van der Waals surface area contributed by atoms with E-state index < -0.39 is 0 Å². The molecule has 13 heavy (non-hydrogen) atoms. The van der Waals surface area contributed by atoms with Crippen molar-refractivity contribution in [3.8, 4) is 0 Å². The Bertz CT molecular complexity index is 176. The predicted molar refractivity (Wildman–Crippen MR) is 56.9 cm³/mol. The Hall–Kier alpha value is -0.570. The fourth-order valence-corrected chi connectivity index (χ4v) is 0.730. The van der Waals surface area contributed by atoms with Crippen LogP contribution >= 0.6 is 12.4 Å². The van der Waals surface area contributed by atoms with Gasteiger partial charge in [-0.3, -0.25) is 0 Å². The number of nitrogens with zero attached hydrogens (tertiary/aromatic N) is 3. The van der Waals surface area contributed by atoms with Gasteiger partial charge in [0.25, 0.3) is 0 Å². The molecule has 0 N–H and O–H groups in total. The molecular weight excluding hydrogens is 190 g/mol. The maximum atomic E-state index is 10.9. The van der Waals surface area contributed by atoms with E-state index in [9.17, 15) is 5.21 Å². The molecular formula is C8H18ClN3O. The highest BCUT2D eigenvalue weighted by atomic mass is 35.5. The molecule has 0 saturated heterocycles. The van der Waals surface area contributed by atoms with Crippen LogP contribution in [0, 0.1) is 5.21 Å². The second-order valence-electron chi connectivity index (χ2n) is 2.83. The molecule has 0 heterocycles. The van der Waals surface area contributed by atoms with Gasteiger partial charge in [-0.1, -0.05) is 0 Å². The van der Waals surface area contributed by atoms with Crippen molar-refractivity contribution in [2.75, 3.05) is 33.7 Å². The third-order valence-corrected chi connectivity index (χ3v) is 1.31. The van der Waals surface area contributed by atoms with Gasteiger partial charge in [-0.05, 0) is 32.4 Å². The SMILES string of the molecule is CCN=C=[N+]([O-])CCCN(C)C.Cl. The molecule has 78 valence electrons. The minimum Gasteiger partial charge on any atom is -0.708 e. The van der Waals surface area contributed by atoms with Gasteiger partial charge >= 0.3 is 6.01 Å². The minimum atomic E-state index is 0. The third-order valence-electron chi connectivity index (χ3n) is 1.31. The van der Waals surface area contributed by atoms with E-state index in [1.54, 1.807) is 0 Å². The Morgan fingerprint density at radius 1 is 1.46 bits per heavy atom. The summed E-state index contributed by atoms with van der Waals surface area (Å²) in [6.07, 6.45) is 0.850. The molecule has 0 aromatic rings. The molecule has 0 radical (unpaired) electrons. The summed E-state index contributed by atoms with van der Waals surface area (Å²) in [6.45, 7) is 3.89. The van der Waals surface area contributed by atoms with Gasteiger partial charge in [0.1, 0.15) is 6.54 Å². The molecule has 0 aliphatic carbocycles. The van der Waals surface area contributed by atoms with Crippen LogP contribution in [0.2, 0.25) is 0 Å². The molecule has 0 amide bonds. The Balaban J connectivity index is 0. The van der Waals surface area contributed by atoms with Crippen LogP contribution < -0.4 is 0 Å². The summed E-state index contributed by atoms with van der Waals surface area (Å²) in [7, 11) is 3.97. The summed E-state index contributed by atoms with van der Waals surface area (Å²) in [6, 6.07) is 2.39. The van der Waals surface area contributed by atoms with Crippen molar-refractivity contribution < 1.29 is 4.74 Å². The van der Waals surface area contributed by atoms with Gasteiger partial charge in [-0.25, -0.2) is 4.74 Å². The fraction of sp³-hybridized carbons (Fsp3) is 0.875. The lowest BCUT2D eigenvalue weighted by atomic mass is 10.4. The van der Waals surface area contributed by atoms with Crippen molar-refractivity contribution >= 4 is 18.4 Å². The first-order valence-electron chi connectivity index (χ1n) is 4.18. The largest absolute Gasteiger partial charge is 0.708 e. The zero-order chi connectivity index (χ0) is 9.40. The fourth-order valence-electron chi connectivity index (χ4n) is 0.730. The second kappa shape index (κ2) is 9.52. The van der Waals surface area contributed by atoms with E-state index in [1.807, 2.05) is 25.9 Å². The minimum absolute atomic E-state index is 0. The molecule has 5 heteroatoms. The average molecular weight is 208 g/mol. The van der Waals surface area contributed by atoms with Crippen LogP contribution in [0.4, 0.5) is 0 Å². The molecule has 0 spiro atoms. The van der Waals surface area contributed by atoms with Crippen LogP contribution in [0.3, 0.4) is 0 Å². The zero-order valence-corrected chi connectivity index (χ0v) is 9.30. The van der Waals surface area contributed by atoms with E-state index in [-0.39, 0.29) is 12.4 Å². The van der Waals surface area contributed by atoms with Gasteiger partial charge < -0.3 is 10.1 Å². The van der Waals surface area contributed by atoms with Gasteiger partial charge in [0.2, 0.25) is 0 Å². The molecule has 0 rings (SSSR count). The summed E-state index contributed by atoms with van der Waals surface area (Å²) >= 11 is 0. The van der Waals surface area contributed by atoms with Crippen LogP contribution in [0.1, 0.15) is 13.3 Å². The van der Waals surface area contributed by atoms with Gasteiger partial charge in [-0.2, -0.15) is 0 Å². The Labute approximate surface area is 86.0 Å². The molecule has 0 atom stereocenters. The van der Waals surface area contributed by atoms with Crippen molar-refractivity contribution in [1.29, 1.82) is 0 Å². The number of hydrogen-bond donors (Lipinski definition) is 0. The van der Waals surface area contributed by atoms with Crippen LogP contribution in [-0.4, -0.2) is 49.4 Å². The van der Waals surface area contributed by atoms with E-state index in [1.165, 1.54) is 0 Å². The number of aliphatic imine (C=N–C) groups is 1. The number of rotatable bonds is 5. The van der Waals surface area contributed by atoms with E-state index in [4.69, 9.17) is 0 Å². The Morgan fingerprint density at radius 2 is 2.08 bits per heavy atom. The van der Waals surface area contributed by atoms with E-state index in [0.29, 0.717) is 13.1 Å². The smallest absolute Gasteiger partial charge is 0.310 e. The molecule has 0 aliphatic heterocycles. The van der Waals surface area contributed by atoms with Crippen molar-refractivity contribution in [3.63, 3.8) is 0 Å². The molecule has 0 aliphatic rings. The van der Waals surface area contributed by atoms with E-state index in [2.05, 4.69) is 11.0 Å². The van der Waals surface area contributed by atoms with Gasteiger partial charge in [0.05, 0.1) is 6.54 Å². The molecule has 0 unspecified atom stereocenters. The zero-order valence-electron chi connectivity index (χ0n) is 8.49. The summed E-state index contributed by atoms with van der Waals surface area (Å²) in [4.78, 5) is 5.77. The van der Waals surface area contributed by atoms with Crippen molar-refractivity contribution in [3.05, 3.63) is 5.21 Å². The lowest BCUT2D eigenvalue weighted by Gasteiger charge is -2.09. The topological polar surface area (TPSA) is 41.7 Å². The molecule has 0 aromatic carbocycles. The number of hydrogen-bond acceptors (Lipinski definition) is 3. The first kappa shape index (κ1) is 14.9. The summed E-state index contributed by atoms with van der Waals surface area (Å²) in [5.41, 5.74) is 0. The lowest BCUT2D eigenvalue weighted by Crippen LogP contribution is -2.16. The Morgan fingerprint density at radius 3 is 2.54 bits per heavy atom. The predicted octanol–water partition coefficient (Wildman–Crippen LogP) is 1.06. The monoisotopic (exact) mass is 207 g/mol. The third kappa shape index (κ3) is 11.4. The van der Waals surface area contributed by atoms with E-state index in [0.717, 1.165) is 17.7 Å². The summed E-state index contributed by atoms with van der Waals surface area (Å²) in [5.74, 6) is 0. The van der Waals surface area contributed by atoms with Crippen molar-refractivity contribution in [2.45, 2.75) is 13.3 Å². The molecule has 0 fully saturated rings. The van der Waals surface area contributed by atoms with Crippen LogP contribution in [0.15, 0.2) is 4.99 Å². The number of halogens is 1. The molecule has 0 bridgehead atoms. The van der Waals surface area contributed by atoms with Crippen LogP contribution in [-0.2, 0) is 0 Å². The highest BCUT2D eigenvalue weighted by Crippen LogP contribution is 1.82. The van der Waals surface area contributed by atoms with Gasteiger partial charge in [0.15, 0.2) is 0 Å². The molecule has 4 nitrogen and oxygen atoms in total. The summed E-state index contributed by atoms with van der Waals surface area (Å²) < 4.78 is 0.757. The maximum Gasteiger partial charge on any atom is 0.310 e.